The first-order valence-corrected chi connectivity index (χ1v) is 21.2. The summed E-state index contributed by atoms with van der Waals surface area (Å²) in [5.74, 6) is 0.740. The van der Waals surface area contributed by atoms with Crippen LogP contribution < -0.4 is 0 Å². The van der Waals surface area contributed by atoms with Crippen molar-refractivity contribution in [2.24, 2.45) is 5.92 Å². The minimum atomic E-state index is -2.74. The van der Waals surface area contributed by atoms with Crippen LogP contribution >= 0.6 is 24.8 Å². The van der Waals surface area contributed by atoms with Gasteiger partial charge in [-0.05, 0) is 0 Å². The molecule has 6 rings (SSSR count). The summed E-state index contributed by atoms with van der Waals surface area (Å²) in [6, 6.07) is 26.7. The molecule has 0 atom stereocenters. The number of halogens is 2. The summed E-state index contributed by atoms with van der Waals surface area (Å²) in [5, 5.41) is 0. The fourth-order valence-corrected chi connectivity index (χ4v) is 21.5. The van der Waals surface area contributed by atoms with Gasteiger partial charge >= 0.3 is 252 Å². The van der Waals surface area contributed by atoms with E-state index >= 15 is 0 Å². The predicted octanol–water partition coefficient (Wildman–Crippen LogP) is 11.5. The SMILES string of the molecule is CC(C)(C)c1ccc2c(c1)[CH](/[Hf]([C]1=CC=CC1)=[C](/c1ccccc1)C1CCCCC1)c1cc(C(C)(C)C)ccc1-2.Cl.Cl. The molecule has 0 aliphatic heterocycles. The molecule has 0 aromatic heterocycles. The maximum Gasteiger partial charge on any atom is -0.147 e. The predicted molar refractivity (Wildman–Crippen MR) is 185 cm³/mol. The molecule has 0 saturated heterocycles. The molecule has 3 aromatic rings. The summed E-state index contributed by atoms with van der Waals surface area (Å²) in [6.07, 6.45) is 15.4. The Morgan fingerprint density at radius 3 is 1.71 bits per heavy atom. The second kappa shape index (κ2) is 13.2. The van der Waals surface area contributed by atoms with Gasteiger partial charge in [0.1, 0.15) is 0 Å². The Kier molecular flexibility index (Phi) is 10.5. The molecule has 0 unspecified atom stereocenters. The molecule has 0 bridgehead atoms. The van der Waals surface area contributed by atoms with E-state index in [0.717, 1.165) is 12.3 Å². The standard InChI is InChI=1S/C21H25.C13H16.C5H5.2ClH.Hf/c1-20(2,3)16-7-9-18-14(12-16)11-15-13-17(21(4,5)6)8-10-19(15)18;1-3-7-12(8-4-1)11-13-9-5-2-6-10-13;1-2-4-5-3-1;;;/h7-13H,1-6H3;1,3-4,7-8,13H,2,5-6,9-10H2;1-3H,4H2;2*1H;. The summed E-state index contributed by atoms with van der Waals surface area (Å²) < 4.78 is 4.26. The van der Waals surface area contributed by atoms with Crippen LogP contribution in [0.5, 0.6) is 0 Å². The number of hydrogen-bond acceptors (Lipinski definition) is 0. The van der Waals surface area contributed by atoms with Crippen LogP contribution in [-0.2, 0) is 31.8 Å². The third kappa shape index (κ3) is 6.45. The molecule has 1 saturated carbocycles. The monoisotopic (exact) mass is 766 g/mol. The topological polar surface area (TPSA) is 0 Å². The van der Waals surface area contributed by atoms with Crippen molar-refractivity contribution < 1.29 is 21.0 Å². The van der Waals surface area contributed by atoms with Gasteiger partial charge in [-0.3, -0.25) is 0 Å². The van der Waals surface area contributed by atoms with Crippen molar-refractivity contribution >= 4 is 28.1 Å². The van der Waals surface area contributed by atoms with Gasteiger partial charge in [-0.15, -0.1) is 24.8 Å². The van der Waals surface area contributed by atoms with Crippen molar-refractivity contribution in [2.45, 2.75) is 94.6 Å². The molecule has 0 spiro atoms. The van der Waals surface area contributed by atoms with E-state index in [9.17, 15) is 0 Å². The quantitative estimate of drug-likeness (QED) is 0.232. The van der Waals surface area contributed by atoms with Crippen molar-refractivity contribution in [3.8, 4) is 11.1 Å². The van der Waals surface area contributed by atoms with Gasteiger partial charge in [0.15, 0.2) is 0 Å². The second-order valence-corrected chi connectivity index (χ2v) is 23.7. The normalized spacial score (nSPS) is 17.5. The Labute approximate surface area is 274 Å². The summed E-state index contributed by atoms with van der Waals surface area (Å²) in [4.78, 5) is 0. The molecule has 0 N–H and O–H groups in total. The average molecular weight is 766 g/mol. The van der Waals surface area contributed by atoms with E-state index in [-0.39, 0.29) is 35.6 Å². The van der Waals surface area contributed by atoms with Crippen LogP contribution in [0, 0.1) is 5.92 Å². The molecule has 3 aromatic carbocycles. The van der Waals surface area contributed by atoms with Crippen molar-refractivity contribution in [1.82, 2.24) is 0 Å². The van der Waals surface area contributed by atoms with Crippen LogP contribution in [0.4, 0.5) is 0 Å². The van der Waals surface area contributed by atoms with Gasteiger partial charge < -0.3 is 0 Å². The summed E-state index contributed by atoms with van der Waals surface area (Å²) in [5.41, 5.74) is 11.0. The van der Waals surface area contributed by atoms with Crippen LogP contribution in [0.3, 0.4) is 0 Å². The fourth-order valence-electron chi connectivity index (χ4n) is 7.29. The van der Waals surface area contributed by atoms with E-state index in [1.807, 2.05) is 3.26 Å². The Morgan fingerprint density at radius 1 is 0.690 bits per heavy atom. The zero-order valence-corrected chi connectivity index (χ0v) is 31.5. The summed E-state index contributed by atoms with van der Waals surface area (Å²) >= 11 is -2.74. The van der Waals surface area contributed by atoms with Gasteiger partial charge in [-0.2, -0.15) is 0 Å². The molecular formula is C39H48Cl2Hf. The molecule has 0 amide bonds. The third-order valence-corrected chi connectivity index (χ3v) is 22.3. The van der Waals surface area contributed by atoms with Gasteiger partial charge in [-0.1, -0.05) is 0 Å². The van der Waals surface area contributed by atoms with Crippen molar-refractivity contribution in [3.05, 3.63) is 116 Å². The molecule has 3 aliphatic rings. The smallest absolute Gasteiger partial charge is 0.147 e. The van der Waals surface area contributed by atoms with E-state index in [0.29, 0.717) is 3.67 Å². The summed E-state index contributed by atoms with van der Waals surface area (Å²) in [6.45, 7) is 14.2. The second-order valence-electron chi connectivity index (χ2n) is 14.4. The Hall–Kier alpha value is -1.54. The van der Waals surface area contributed by atoms with E-state index in [1.54, 1.807) is 20.0 Å². The fraction of sp³-hybridized carbons (Fsp3) is 0.410. The third-order valence-electron chi connectivity index (χ3n) is 9.54. The average Bonchev–Trinajstić information content (AvgIpc) is 3.58. The van der Waals surface area contributed by atoms with Crippen LogP contribution in [-0.4, -0.2) is 3.26 Å². The van der Waals surface area contributed by atoms with E-state index < -0.39 is 21.0 Å². The molecule has 42 heavy (non-hydrogen) atoms. The molecule has 0 nitrogen and oxygen atoms in total. The van der Waals surface area contributed by atoms with Gasteiger partial charge in [0.05, 0.1) is 0 Å². The van der Waals surface area contributed by atoms with Gasteiger partial charge in [0, 0.05) is 0 Å². The van der Waals surface area contributed by atoms with Gasteiger partial charge in [-0.25, -0.2) is 0 Å². The number of hydrogen-bond donors (Lipinski definition) is 0. The first kappa shape index (κ1) is 33.4. The van der Waals surface area contributed by atoms with Crippen LogP contribution in [0.25, 0.3) is 11.1 Å². The van der Waals surface area contributed by atoms with Gasteiger partial charge in [0.2, 0.25) is 0 Å². The Bertz CT molecular complexity index is 1440. The molecule has 3 aliphatic carbocycles. The first-order chi connectivity index (χ1) is 19.1. The largest absolute Gasteiger partial charge is 0.147 e. The van der Waals surface area contributed by atoms with E-state index in [4.69, 9.17) is 0 Å². The molecular weight excluding hydrogens is 718 g/mol. The first-order valence-electron chi connectivity index (χ1n) is 15.6. The zero-order chi connectivity index (χ0) is 28.1. The molecule has 3 heteroatoms. The van der Waals surface area contributed by atoms with Crippen LogP contribution in [0.1, 0.15) is 112 Å². The van der Waals surface area contributed by atoms with Crippen LogP contribution in [0.15, 0.2) is 88.3 Å². The van der Waals surface area contributed by atoms with Crippen molar-refractivity contribution in [1.29, 1.82) is 0 Å². The molecule has 1 fully saturated rings. The zero-order valence-electron chi connectivity index (χ0n) is 26.3. The van der Waals surface area contributed by atoms with Crippen molar-refractivity contribution in [3.63, 3.8) is 0 Å². The Morgan fingerprint density at radius 2 is 1.24 bits per heavy atom. The number of fused-ring (bicyclic) bond motifs is 3. The molecule has 0 heterocycles. The van der Waals surface area contributed by atoms with Gasteiger partial charge in [0.25, 0.3) is 0 Å². The number of rotatable bonds is 4. The van der Waals surface area contributed by atoms with Crippen LogP contribution in [0.2, 0.25) is 0 Å². The number of allylic oxidation sites excluding steroid dienone is 4. The summed E-state index contributed by atoms with van der Waals surface area (Å²) in [7, 11) is 0. The number of benzene rings is 3. The Balaban J connectivity index is 0.00000202. The maximum atomic E-state index is 2.63. The van der Waals surface area contributed by atoms with E-state index in [1.165, 1.54) is 54.4 Å². The minimum absolute atomic E-state index is 0. The minimum Gasteiger partial charge on any atom is -0.147 e. The van der Waals surface area contributed by atoms with Crippen molar-refractivity contribution in [2.75, 3.05) is 0 Å². The maximum absolute atomic E-state index is 2.74. The molecule has 0 radical (unpaired) electrons. The van der Waals surface area contributed by atoms with E-state index in [2.05, 4.69) is 127 Å². The molecule has 222 valence electrons.